The van der Waals surface area contributed by atoms with E-state index in [-0.39, 0.29) is 17.4 Å². The molecule has 1 aliphatic heterocycles. The van der Waals surface area contributed by atoms with Crippen LogP contribution in [0.5, 0.6) is 5.75 Å². The molecule has 5 nitrogen and oxygen atoms in total. The Morgan fingerprint density at radius 2 is 2.29 bits per heavy atom. The van der Waals surface area contributed by atoms with Crippen LogP contribution in [0.1, 0.15) is 35.9 Å². The molecule has 0 spiro atoms. The summed E-state index contributed by atoms with van der Waals surface area (Å²) in [5.74, 6) is 5.37. The van der Waals surface area contributed by atoms with Gasteiger partial charge in [-0.15, -0.1) is 11.3 Å². The van der Waals surface area contributed by atoms with Gasteiger partial charge in [-0.2, -0.15) is 0 Å². The minimum atomic E-state index is -1.32. The summed E-state index contributed by atoms with van der Waals surface area (Å²) in [5, 5.41) is 12.7. The molecule has 2 aromatic heterocycles. The molecule has 3 aromatic rings. The van der Waals surface area contributed by atoms with Crippen molar-refractivity contribution >= 4 is 39.8 Å². The van der Waals surface area contributed by atoms with Crippen LogP contribution < -0.4 is 4.74 Å². The van der Waals surface area contributed by atoms with Gasteiger partial charge in [0.05, 0.1) is 35.0 Å². The van der Waals surface area contributed by atoms with Gasteiger partial charge in [-0.25, -0.2) is 4.39 Å². The van der Waals surface area contributed by atoms with E-state index < -0.39 is 18.1 Å². The third kappa shape index (κ3) is 5.69. The minimum Gasteiger partial charge on any atom is -0.497 e. The first kappa shape index (κ1) is 24.5. The Morgan fingerprint density at radius 1 is 1.44 bits per heavy atom. The van der Waals surface area contributed by atoms with Crippen LogP contribution in [0, 0.1) is 23.7 Å². The zero-order chi connectivity index (χ0) is 24.1. The summed E-state index contributed by atoms with van der Waals surface area (Å²) in [6, 6.07) is 9.21. The Hall–Kier alpha value is -2.66. The molecule has 34 heavy (non-hydrogen) atoms. The number of aliphatic carboxylic acids is 1. The Kier molecular flexibility index (Phi) is 8.04. The summed E-state index contributed by atoms with van der Waals surface area (Å²) in [5.41, 5.74) is 1.03. The van der Waals surface area contributed by atoms with Crippen molar-refractivity contribution < 1.29 is 19.0 Å². The van der Waals surface area contributed by atoms with Crippen LogP contribution in [0.3, 0.4) is 0 Å². The quantitative estimate of drug-likeness (QED) is 0.414. The van der Waals surface area contributed by atoms with Crippen LogP contribution >= 0.6 is 22.9 Å². The lowest BCUT2D eigenvalue weighted by Gasteiger charge is -2.36. The summed E-state index contributed by atoms with van der Waals surface area (Å²) in [4.78, 5) is 19.3. The highest BCUT2D eigenvalue weighted by Crippen LogP contribution is 2.38. The fourth-order valence-corrected chi connectivity index (χ4v) is 5.40. The summed E-state index contributed by atoms with van der Waals surface area (Å²) < 4.78 is 20.8. The normalized spacial score (nSPS) is 19.4. The fraction of sp³-hybridized carbons (Fsp3) is 0.385. The first-order valence-electron chi connectivity index (χ1n) is 11.2. The number of aromatic nitrogens is 1. The average molecular weight is 501 g/mol. The van der Waals surface area contributed by atoms with Gasteiger partial charge in [0.15, 0.2) is 0 Å². The SMILES string of the molecule is COc1ccc2ncc(Cl)c([C@H](F)CCC3CCN(CC#Cc4cccs4)CC3C(=O)O)c2c1. The van der Waals surface area contributed by atoms with Crippen molar-refractivity contribution in [3.8, 4) is 17.6 Å². The molecule has 178 valence electrons. The lowest BCUT2D eigenvalue weighted by Crippen LogP contribution is -2.44. The van der Waals surface area contributed by atoms with E-state index in [4.69, 9.17) is 16.3 Å². The van der Waals surface area contributed by atoms with E-state index in [1.54, 1.807) is 36.6 Å². The van der Waals surface area contributed by atoms with Crippen molar-refractivity contribution in [2.75, 3.05) is 26.7 Å². The van der Waals surface area contributed by atoms with Crippen molar-refractivity contribution in [1.82, 2.24) is 9.88 Å². The minimum absolute atomic E-state index is 0.0985. The van der Waals surface area contributed by atoms with E-state index in [1.165, 1.54) is 6.20 Å². The van der Waals surface area contributed by atoms with Crippen LogP contribution in [0.2, 0.25) is 5.02 Å². The number of hydrogen-bond donors (Lipinski definition) is 1. The van der Waals surface area contributed by atoms with Gasteiger partial charge in [-0.05, 0) is 61.4 Å². The number of alkyl halides is 1. The third-order valence-corrected chi connectivity index (χ3v) is 7.45. The Labute approximate surface area is 207 Å². The molecule has 4 rings (SSSR count). The number of pyridine rings is 1. The number of carboxylic acid groups (broad SMARTS) is 1. The van der Waals surface area contributed by atoms with Crippen LogP contribution in [0.15, 0.2) is 41.9 Å². The van der Waals surface area contributed by atoms with Crippen LogP contribution in [-0.4, -0.2) is 47.7 Å². The summed E-state index contributed by atoms with van der Waals surface area (Å²) in [6.45, 7) is 1.70. The fourth-order valence-electron chi connectivity index (χ4n) is 4.54. The lowest BCUT2D eigenvalue weighted by molar-refractivity contribution is -0.146. The average Bonchev–Trinajstić information content (AvgIpc) is 3.36. The first-order valence-corrected chi connectivity index (χ1v) is 12.5. The molecular formula is C26H26ClFN2O3S. The number of halogens is 2. The molecular weight excluding hydrogens is 475 g/mol. The number of thiophene rings is 1. The van der Waals surface area contributed by atoms with Crippen molar-refractivity contribution in [2.45, 2.75) is 25.4 Å². The number of piperidine rings is 1. The number of hydrogen-bond acceptors (Lipinski definition) is 5. The third-order valence-electron chi connectivity index (χ3n) is 6.36. The molecule has 2 unspecified atom stereocenters. The lowest BCUT2D eigenvalue weighted by atomic mass is 9.81. The van der Waals surface area contributed by atoms with E-state index in [1.807, 2.05) is 17.5 Å². The van der Waals surface area contributed by atoms with E-state index >= 15 is 4.39 Å². The van der Waals surface area contributed by atoms with Gasteiger partial charge in [0, 0.05) is 23.7 Å². The van der Waals surface area contributed by atoms with Gasteiger partial charge in [-0.1, -0.05) is 29.5 Å². The Bertz CT molecular complexity index is 1210. The maximum Gasteiger partial charge on any atom is 0.308 e. The number of likely N-dealkylation sites (tertiary alicyclic amines) is 1. The number of rotatable bonds is 7. The number of nitrogens with zero attached hydrogens (tertiary/aromatic N) is 2. The Balaban J connectivity index is 1.42. The van der Waals surface area contributed by atoms with Crippen molar-refractivity contribution in [3.05, 3.63) is 57.4 Å². The summed E-state index contributed by atoms with van der Waals surface area (Å²) in [6.07, 6.45) is 1.51. The second-order valence-corrected chi connectivity index (χ2v) is 9.81. The number of methoxy groups -OCH3 is 1. The molecule has 1 aliphatic rings. The molecule has 3 heterocycles. The molecule has 0 aliphatic carbocycles. The number of fused-ring (bicyclic) bond motifs is 1. The number of carbonyl (C=O) groups is 1. The highest BCUT2D eigenvalue weighted by atomic mass is 35.5. The molecule has 8 heteroatoms. The van der Waals surface area contributed by atoms with Crippen molar-refractivity contribution in [3.63, 3.8) is 0 Å². The monoisotopic (exact) mass is 500 g/mol. The first-order chi connectivity index (χ1) is 16.5. The number of ether oxygens (including phenoxy) is 1. The predicted octanol–water partition coefficient (Wildman–Crippen LogP) is 5.82. The second kappa shape index (κ2) is 11.2. The van der Waals surface area contributed by atoms with Crippen LogP contribution in [-0.2, 0) is 4.79 Å². The van der Waals surface area contributed by atoms with Crippen molar-refractivity contribution in [2.24, 2.45) is 11.8 Å². The van der Waals surface area contributed by atoms with Gasteiger partial charge >= 0.3 is 5.97 Å². The molecule has 1 fully saturated rings. The van der Waals surface area contributed by atoms with Crippen LogP contribution in [0.25, 0.3) is 10.9 Å². The van der Waals surface area contributed by atoms with Gasteiger partial charge in [0.2, 0.25) is 0 Å². The van der Waals surface area contributed by atoms with Gasteiger partial charge in [0.1, 0.15) is 11.9 Å². The zero-order valence-corrected chi connectivity index (χ0v) is 20.4. The number of carboxylic acids is 1. The molecule has 1 saturated heterocycles. The molecule has 0 saturated carbocycles. The van der Waals surface area contributed by atoms with Crippen LogP contribution in [0.4, 0.5) is 4.39 Å². The van der Waals surface area contributed by atoms with E-state index in [2.05, 4.69) is 21.7 Å². The van der Waals surface area contributed by atoms with Gasteiger partial charge in [0.25, 0.3) is 0 Å². The van der Waals surface area contributed by atoms with Gasteiger partial charge in [-0.3, -0.25) is 14.7 Å². The van der Waals surface area contributed by atoms with Gasteiger partial charge < -0.3 is 9.84 Å². The smallest absolute Gasteiger partial charge is 0.308 e. The van der Waals surface area contributed by atoms with E-state index in [9.17, 15) is 9.90 Å². The largest absolute Gasteiger partial charge is 0.497 e. The second-order valence-electron chi connectivity index (χ2n) is 8.46. The summed E-state index contributed by atoms with van der Waals surface area (Å²) in [7, 11) is 1.55. The highest BCUT2D eigenvalue weighted by Gasteiger charge is 2.34. The maximum atomic E-state index is 15.5. The maximum absolute atomic E-state index is 15.5. The molecule has 1 aromatic carbocycles. The summed E-state index contributed by atoms with van der Waals surface area (Å²) >= 11 is 7.93. The van der Waals surface area contributed by atoms with E-state index in [0.717, 1.165) is 11.4 Å². The highest BCUT2D eigenvalue weighted by molar-refractivity contribution is 7.10. The molecule has 0 amide bonds. The molecule has 3 atom stereocenters. The number of benzene rings is 1. The molecule has 1 N–H and O–H groups in total. The van der Waals surface area contributed by atoms with Crippen molar-refractivity contribution in [1.29, 1.82) is 0 Å². The van der Waals surface area contributed by atoms with E-state index in [0.29, 0.717) is 48.1 Å². The predicted molar refractivity (Wildman–Crippen MR) is 133 cm³/mol. The topological polar surface area (TPSA) is 62.7 Å². The molecule has 0 bridgehead atoms. The molecule has 0 radical (unpaired) electrons. The zero-order valence-electron chi connectivity index (χ0n) is 18.8. The Morgan fingerprint density at radius 3 is 3.03 bits per heavy atom. The standard InChI is InChI=1S/C26H26ClFN2O3S/c1-33-18-7-9-24-20(14-18)25(22(27)15-29-24)23(28)8-6-17-10-12-30(16-21(17)26(31)32)11-2-4-19-5-3-13-34-19/h3,5,7,9,13-15,17,21,23H,6,8,10-12,16H2,1H3,(H,31,32)/t17?,21?,23-/m1/s1.